The lowest BCUT2D eigenvalue weighted by Crippen LogP contribution is -2.34. The molecule has 5 nitrogen and oxygen atoms in total. The molecule has 1 N–H and O–H groups in total. The van der Waals surface area contributed by atoms with Crippen molar-refractivity contribution >= 4 is 11.8 Å². The van der Waals surface area contributed by atoms with Gasteiger partial charge in [0.1, 0.15) is 0 Å². The number of hydrogen-bond acceptors (Lipinski definition) is 5. The van der Waals surface area contributed by atoms with E-state index in [2.05, 4.69) is 10.3 Å². The minimum atomic E-state index is -0.433. The first-order valence-electron chi connectivity index (χ1n) is 10.00. The average molecular weight is 388 g/mol. The fourth-order valence-electron chi connectivity index (χ4n) is 4.12. The van der Waals surface area contributed by atoms with Crippen LogP contribution >= 0.6 is 0 Å². The molecule has 1 aliphatic carbocycles. The zero-order valence-corrected chi connectivity index (χ0v) is 16.5. The van der Waals surface area contributed by atoms with Crippen LogP contribution in [0.25, 0.3) is 0 Å². The molecule has 1 aromatic heterocycles. The van der Waals surface area contributed by atoms with Crippen LogP contribution in [0, 0.1) is 0 Å². The number of carbonyl (C=O) groups is 2. The Morgan fingerprint density at radius 3 is 2.76 bits per heavy atom. The van der Waals surface area contributed by atoms with Crippen molar-refractivity contribution in [1.82, 2.24) is 10.3 Å². The zero-order valence-electron chi connectivity index (χ0n) is 16.5. The second-order valence-corrected chi connectivity index (χ2v) is 7.42. The van der Waals surface area contributed by atoms with Gasteiger partial charge in [-0.2, -0.15) is 0 Å². The molecule has 0 unspecified atom stereocenters. The van der Waals surface area contributed by atoms with Gasteiger partial charge in [-0.15, -0.1) is 0 Å². The maximum Gasteiger partial charge on any atom is 0.336 e. The molecule has 0 amide bonds. The molecule has 0 bridgehead atoms. The molecule has 4 rings (SSSR count). The Hall–Kier alpha value is -3.21. The number of ether oxygens (including phenoxy) is 1. The maximum atomic E-state index is 13.1. The van der Waals surface area contributed by atoms with Gasteiger partial charge in [0.25, 0.3) is 0 Å². The SMILES string of the molecule is CC1=C(C(=O)OCCc2ccccc2)[C@@H](c2cccnc2)C2=C(CCCC2=O)N1. The summed E-state index contributed by atoms with van der Waals surface area (Å²) in [6.07, 6.45) is 6.22. The summed E-state index contributed by atoms with van der Waals surface area (Å²) < 4.78 is 5.63. The van der Waals surface area contributed by atoms with Crippen LogP contribution in [0.3, 0.4) is 0 Å². The Kier molecular flexibility index (Phi) is 5.56. The largest absolute Gasteiger partial charge is 0.462 e. The Morgan fingerprint density at radius 1 is 1.17 bits per heavy atom. The minimum Gasteiger partial charge on any atom is -0.462 e. The average Bonchev–Trinajstić information content (AvgIpc) is 2.74. The van der Waals surface area contributed by atoms with E-state index in [0.717, 1.165) is 35.4 Å². The molecule has 0 saturated heterocycles. The molecule has 2 heterocycles. The van der Waals surface area contributed by atoms with E-state index in [1.54, 1.807) is 12.4 Å². The molecule has 5 heteroatoms. The molecule has 29 heavy (non-hydrogen) atoms. The summed E-state index contributed by atoms with van der Waals surface area (Å²) in [5.74, 6) is -0.726. The van der Waals surface area contributed by atoms with E-state index in [4.69, 9.17) is 4.74 Å². The maximum absolute atomic E-state index is 13.1. The second kappa shape index (κ2) is 8.43. The lowest BCUT2D eigenvalue weighted by molar-refractivity contribution is -0.139. The van der Waals surface area contributed by atoms with Crippen LogP contribution < -0.4 is 5.32 Å². The van der Waals surface area contributed by atoms with Crippen molar-refractivity contribution in [2.45, 2.75) is 38.5 Å². The van der Waals surface area contributed by atoms with Crippen molar-refractivity contribution in [1.29, 1.82) is 0 Å². The molecule has 0 spiro atoms. The normalized spacial score (nSPS) is 18.9. The summed E-state index contributed by atoms with van der Waals surface area (Å²) in [6.45, 7) is 2.17. The van der Waals surface area contributed by atoms with E-state index in [9.17, 15) is 9.59 Å². The first kappa shape index (κ1) is 19.1. The van der Waals surface area contributed by atoms with Gasteiger partial charge < -0.3 is 10.1 Å². The number of ketones is 1. The van der Waals surface area contributed by atoms with Gasteiger partial charge in [-0.1, -0.05) is 36.4 Å². The summed E-state index contributed by atoms with van der Waals surface area (Å²) in [5, 5.41) is 3.30. The van der Waals surface area contributed by atoms with Crippen molar-refractivity contribution in [2.24, 2.45) is 0 Å². The lowest BCUT2D eigenvalue weighted by Gasteiger charge is -2.34. The Morgan fingerprint density at radius 2 is 2.00 bits per heavy atom. The van der Waals surface area contributed by atoms with Crippen LogP contribution in [0.4, 0.5) is 0 Å². The summed E-state index contributed by atoms with van der Waals surface area (Å²) in [5.41, 5.74) is 4.81. The Bertz CT molecular complexity index is 978. The van der Waals surface area contributed by atoms with Gasteiger partial charge in [0.15, 0.2) is 5.78 Å². The molecular formula is C24H24N2O3. The summed E-state index contributed by atoms with van der Waals surface area (Å²) >= 11 is 0. The van der Waals surface area contributed by atoms with E-state index in [-0.39, 0.29) is 11.8 Å². The number of allylic oxidation sites excluding steroid dienone is 3. The van der Waals surface area contributed by atoms with E-state index in [0.29, 0.717) is 30.6 Å². The number of nitrogens with one attached hydrogen (secondary N) is 1. The van der Waals surface area contributed by atoms with Crippen molar-refractivity contribution in [3.63, 3.8) is 0 Å². The fourth-order valence-corrected chi connectivity index (χ4v) is 4.12. The number of Topliss-reactive ketones (excluding diaryl/α,β-unsaturated/α-hetero) is 1. The number of nitrogens with zero attached hydrogens (tertiary/aromatic N) is 1. The monoisotopic (exact) mass is 388 g/mol. The molecular weight excluding hydrogens is 364 g/mol. The lowest BCUT2D eigenvalue weighted by atomic mass is 9.75. The predicted octanol–water partition coefficient (Wildman–Crippen LogP) is 3.84. The van der Waals surface area contributed by atoms with Gasteiger partial charge in [-0.05, 0) is 37.0 Å². The molecule has 0 fully saturated rings. The molecule has 2 aliphatic rings. The molecule has 0 saturated carbocycles. The third kappa shape index (κ3) is 3.99. The molecule has 1 atom stereocenters. The highest BCUT2D eigenvalue weighted by Gasteiger charge is 2.39. The number of dihydropyridines is 1. The van der Waals surface area contributed by atoms with E-state index >= 15 is 0 Å². The van der Waals surface area contributed by atoms with Crippen LogP contribution in [0.15, 0.2) is 77.4 Å². The first-order valence-corrected chi connectivity index (χ1v) is 10.00. The fraction of sp³-hybridized carbons (Fsp3) is 0.292. The minimum absolute atomic E-state index is 0.0923. The number of rotatable bonds is 5. The quantitative estimate of drug-likeness (QED) is 0.789. The predicted molar refractivity (Wildman–Crippen MR) is 110 cm³/mol. The highest BCUT2D eigenvalue weighted by Crippen LogP contribution is 2.42. The third-order valence-electron chi connectivity index (χ3n) is 5.48. The number of esters is 1. The highest BCUT2D eigenvalue weighted by atomic mass is 16.5. The number of carbonyl (C=O) groups excluding carboxylic acids is 2. The standard InChI is InChI=1S/C24H24N2O3/c1-16-21(24(28)29-14-12-17-7-3-2-4-8-17)22(18-9-6-13-25-15-18)23-19(26-16)10-5-11-20(23)27/h2-4,6-9,13,15,22,26H,5,10-12,14H2,1H3/t22-/m1/s1. The van der Waals surface area contributed by atoms with Gasteiger partial charge in [0.05, 0.1) is 12.2 Å². The summed E-state index contributed by atoms with van der Waals surface area (Å²) in [7, 11) is 0. The van der Waals surface area contributed by atoms with Gasteiger partial charge in [-0.25, -0.2) is 4.79 Å². The van der Waals surface area contributed by atoms with Gasteiger partial charge >= 0.3 is 5.97 Å². The van der Waals surface area contributed by atoms with Gasteiger partial charge in [0, 0.05) is 48.1 Å². The van der Waals surface area contributed by atoms with Crippen LogP contribution in [0.1, 0.15) is 43.2 Å². The van der Waals surface area contributed by atoms with Crippen LogP contribution in [-0.2, 0) is 20.7 Å². The number of benzene rings is 1. The summed E-state index contributed by atoms with van der Waals surface area (Å²) in [6, 6.07) is 13.7. The Labute approximate surface area is 170 Å². The Balaban J connectivity index is 1.61. The first-order chi connectivity index (χ1) is 14.1. The smallest absolute Gasteiger partial charge is 0.336 e. The molecule has 1 aromatic carbocycles. The van der Waals surface area contributed by atoms with Gasteiger partial charge in [0.2, 0.25) is 0 Å². The second-order valence-electron chi connectivity index (χ2n) is 7.42. The summed E-state index contributed by atoms with van der Waals surface area (Å²) in [4.78, 5) is 30.1. The van der Waals surface area contributed by atoms with Crippen LogP contribution in [0.5, 0.6) is 0 Å². The van der Waals surface area contributed by atoms with E-state index in [1.165, 1.54) is 0 Å². The van der Waals surface area contributed by atoms with Crippen molar-refractivity contribution < 1.29 is 14.3 Å². The van der Waals surface area contributed by atoms with E-state index < -0.39 is 5.92 Å². The number of aromatic nitrogens is 1. The number of pyridine rings is 1. The van der Waals surface area contributed by atoms with Crippen molar-refractivity contribution in [3.05, 3.63) is 88.5 Å². The van der Waals surface area contributed by atoms with Crippen LogP contribution in [-0.4, -0.2) is 23.3 Å². The van der Waals surface area contributed by atoms with Crippen LogP contribution in [0.2, 0.25) is 0 Å². The van der Waals surface area contributed by atoms with Gasteiger partial charge in [-0.3, -0.25) is 9.78 Å². The van der Waals surface area contributed by atoms with Crippen molar-refractivity contribution in [2.75, 3.05) is 6.61 Å². The third-order valence-corrected chi connectivity index (χ3v) is 5.48. The molecule has 0 radical (unpaired) electrons. The van der Waals surface area contributed by atoms with Crippen molar-refractivity contribution in [3.8, 4) is 0 Å². The topological polar surface area (TPSA) is 68.3 Å². The number of hydrogen-bond donors (Lipinski definition) is 1. The van der Waals surface area contributed by atoms with E-state index in [1.807, 2.05) is 49.4 Å². The molecule has 1 aliphatic heterocycles. The molecule has 2 aromatic rings. The molecule has 148 valence electrons. The zero-order chi connectivity index (χ0) is 20.2. The highest BCUT2D eigenvalue weighted by molar-refractivity contribution is 6.03.